The summed E-state index contributed by atoms with van der Waals surface area (Å²) < 4.78 is 38.1. The molecule has 5 rings (SSSR count). The molecular formula is C26H33F2N5O2. The van der Waals surface area contributed by atoms with Crippen molar-refractivity contribution in [2.24, 2.45) is 5.92 Å². The number of rotatable bonds is 7. The Morgan fingerprint density at radius 1 is 1.09 bits per heavy atom. The Kier molecular flexibility index (Phi) is 7.00. The van der Waals surface area contributed by atoms with Crippen LogP contribution in [0.25, 0.3) is 10.9 Å². The summed E-state index contributed by atoms with van der Waals surface area (Å²) in [5.74, 6) is 1.01. The van der Waals surface area contributed by atoms with Gasteiger partial charge in [0.05, 0.1) is 12.6 Å². The van der Waals surface area contributed by atoms with Gasteiger partial charge in [0, 0.05) is 73.8 Å². The Bertz CT molecular complexity index is 1130. The zero-order valence-electron chi connectivity index (χ0n) is 20.5. The summed E-state index contributed by atoms with van der Waals surface area (Å²) in [6.45, 7) is 3.36. The van der Waals surface area contributed by atoms with Crippen LogP contribution in [0.1, 0.15) is 42.6 Å². The zero-order chi connectivity index (χ0) is 24.5. The molecular weight excluding hydrogens is 452 g/mol. The quantitative estimate of drug-likeness (QED) is 0.501. The molecule has 0 bridgehead atoms. The van der Waals surface area contributed by atoms with E-state index in [1.54, 1.807) is 26.6 Å². The number of methoxy groups -OCH3 is 2. The lowest BCUT2D eigenvalue weighted by molar-refractivity contribution is -0.141. The van der Waals surface area contributed by atoms with E-state index in [0.717, 1.165) is 54.5 Å². The highest BCUT2D eigenvalue weighted by Crippen LogP contribution is 2.40. The summed E-state index contributed by atoms with van der Waals surface area (Å²) in [6, 6.07) is 7.76. The van der Waals surface area contributed by atoms with E-state index in [1.165, 1.54) is 5.56 Å². The van der Waals surface area contributed by atoms with Gasteiger partial charge in [-0.05, 0) is 37.8 Å². The molecule has 1 N–H and O–H groups in total. The van der Waals surface area contributed by atoms with Gasteiger partial charge < -0.3 is 19.4 Å². The minimum atomic E-state index is -2.42. The van der Waals surface area contributed by atoms with Gasteiger partial charge in [0.2, 0.25) is 5.95 Å². The van der Waals surface area contributed by atoms with Gasteiger partial charge in [-0.15, -0.1) is 0 Å². The first kappa shape index (κ1) is 24.1. The number of aromatic nitrogens is 3. The van der Waals surface area contributed by atoms with E-state index in [0.29, 0.717) is 11.9 Å². The molecule has 188 valence electrons. The predicted octanol–water partition coefficient (Wildman–Crippen LogP) is 4.39. The van der Waals surface area contributed by atoms with Crippen LogP contribution in [0.2, 0.25) is 0 Å². The van der Waals surface area contributed by atoms with Crippen LogP contribution in [-0.2, 0) is 15.9 Å². The number of aromatic amines is 1. The summed E-state index contributed by atoms with van der Waals surface area (Å²) in [6.07, 6.45) is 3.57. The van der Waals surface area contributed by atoms with Gasteiger partial charge in [0.25, 0.3) is 6.43 Å². The molecule has 0 radical (unpaired) electrons. The number of halogens is 2. The van der Waals surface area contributed by atoms with Crippen molar-refractivity contribution in [1.29, 1.82) is 0 Å². The second-order valence-corrected chi connectivity index (χ2v) is 9.59. The van der Waals surface area contributed by atoms with Crippen LogP contribution in [0.3, 0.4) is 0 Å². The molecule has 9 heteroatoms. The van der Waals surface area contributed by atoms with E-state index in [9.17, 15) is 8.78 Å². The molecule has 2 aliphatic heterocycles. The van der Waals surface area contributed by atoms with Crippen molar-refractivity contribution in [3.8, 4) is 0 Å². The van der Waals surface area contributed by atoms with Gasteiger partial charge in [-0.3, -0.25) is 4.90 Å². The Labute approximate surface area is 204 Å². The normalized spacial score (nSPS) is 21.9. The number of H-pyrrole nitrogens is 1. The third kappa shape index (κ3) is 4.64. The SMILES string of the molecule is COC(OC)C1CCN(c2ncc([C@@H]3c4[nH]c5ccccc5c4C[C@@H](C)N3CC(F)F)cn2)CC1. The monoisotopic (exact) mass is 485 g/mol. The third-order valence-electron chi connectivity index (χ3n) is 7.51. The minimum absolute atomic E-state index is 0.0334. The molecule has 2 aromatic heterocycles. The maximum Gasteiger partial charge on any atom is 0.251 e. The van der Waals surface area contributed by atoms with Crippen molar-refractivity contribution < 1.29 is 18.3 Å². The number of fused-ring (bicyclic) bond motifs is 3. The smallest absolute Gasteiger partial charge is 0.251 e. The zero-order valence-corrected chi connectivity index (χ0v) is 20.5. The highest BCUT2D eigenvalue weighted by atomic mass is 19.3. The second kappa shape index (κ2) is 10.2. The lowest BCUT2D eigenvalue weighted by Crippen LogP contribution is -2.45. The van der Waals surface area contributed by atoms with E-state index < -0.39 is 6.43 Å². The fourth-order valence-corrected chi connectivity index (χ4v) is 5.80. The number of para-hydroxylation sites is 1. The summed E-state index contributed by atoms with van der Waals surface area (Å²) >= 11 is 0. The van der Waals surface area contributed by atoms with E-state index in [1.807, 2.05) is 30.0 Å². The average Bonchev–Trinajstić information content (AvgIpc) is 3.23. The number of nitrogens with zero attached hydrogens (tertiary/aromatic N) is 4. The van der Waals surface area contributed by atoms with Crippen molar-refractivity contribution in [3.63, 3.8) is 0 Å². The number of piperidine rings is 1. The molecule has 2 atom stereocenters. The molecule has 0 spiro atoms. The molecule has 1 fully saturated rings. The number of nitrogens with one attached hydrogen (secondary N) is 1. The van der Waals surface area contributed by atoms with Crippen LogP contribution in [0.15, 0.2) is 36.7 Å². The second-order valence-electron chi connectivity index (χ2n) is 9.59. The van der Waals surface area contributed by atoms with Crippen LogP contribution in [0, 0.1) is 5.92 Å². The van der Waals surface area contributed by atoms with Crippen LogP contribution < -0.4 is 4.90 Å². The number of benzene rings is 1. The topological polar surface area (TPSA) is 66.5 Å². The van der Waals surface area contributed by atoms with Crippen LogP contribution in [0.5, 0.6) is 0 Å². The first-order chi connectivity index (χ1) is 17.0. The molecule has 1 aromatic carbocycles. The molecule has 35 heavy (non-hydrogen) atoms. The van der Waals surface area contributed by atoms with Gasteiger partial charge in [-0.2, -0.15) is 0 Å². The van der Waals surface area contributed by atoms with Crippen LogP contribution in [0.4, 0.5) is 14.7 Å². The van der Waals surface area contributed by atoms with Gasteiger partial charge in [0.1, 0.15) is 0 Å². The van der Waals surface area contributed by atoms with Crippen molar-refractivity contribution in [1.82, 2.24) is 19.9 Å². The summed E-state index contributed by atoms with van der Waals surface area (Å²) in [4.78, 5) is 16.9. The average molecular weight is 486 g/mol. The van der Waals surface area contributed by atoms with Gasteiger partial charge in [-0.25, -0.2) is 18.7 Å². The number of hydrogen-bond acceptors (Lipinski definition) is 6. The Morgan fingerprint density at radius 2 is 1.77 bits per heavy atom. The Morgan fingerprint density at radius 3 is 2.43 bits per heavy atom. The first-order valence-corrected chi connectivity index (χ1v) is 12.3. The molecule has 0 aliphatic carbocycles. The molecule has 0 amide bonds. The number of alkyl halides is 2. The summed E-state index contributed by atoms with van der Waals surface area (Å²) in [7, 11) is 3.34. The lowest BCUT2D eigenvalue weighted by atomic mass is 9.89. The highest BCUT2D eigenvalue weighted by Gasteiger charge is 2.37. The number of ether oxygens (including phenoxy) is 2. The van der Waals surface area contributed by atoms with Gasteiger partial charge >= 0.3 is 0 Å². The summed E-state index contributed by atoms with van der Waals surface area (Å²) in [5, 5.41) is 1.15. The molecule has 7 nitrogen and oxygen atoms in total. The summed E-state index contributed by atoms with van der Waals surface area (Å²) in [5.41, 5.74) is 4.01. The maximum atomic E-state index is 13.6. The van der Waals surface area contributed by atoms with Gasteiger partial charge in [-0.1, -0.05) is 18.2 Å². The Hall–Kier alpha value is -2.62. The van der Waals surface area contributed by atoms with E-state index in [2.05, 4.69) is 25.9 Å². The fourth-order valence-electron chi connectivity index (χ4n) is 5.80. The fraction of sp³-hybridized carbons (Fsp3) is 0.538. The Balaban J connectivity index is 1.42. The van der Waals surface area contributed by atoms with E-state index in [-0.39, 0.29) is 24.9 Å². The van der Waals surface area contributed by atoms with Crippen LogP contribution in [-0.4, -0.2) is 72.5 Å². The standard InChI is InChI=1S/C26H33F2N5O2/c1-16-12-20-19-6-4-5-7-21(19)31-23(20)24(33(16)15-22(27)28)18-13-29-26(30-14-18)32-10-8-17(9-11-32)25(34-2)35-3/h4-7,13-14,16-17,22,24-25,31H,8-12,15H2,1-3H3/t16-,24-/m1/s1. The van der Waals surface area contributed by atoms with Crippen molar-refractivity contribution >= 4 is 16.9 Å². The minimum Gasteiger partial charge on any atom is -0.357 e. The van der Waals surface area contributed by atoms with Gasteiger partial charge in [0.15, 0.2) is 6.29 Å². The maximum absolute atomic E-state index is 13.6. The largest absolute Gasteiger partial charge is 0.357 e. The molecule has 0 unspecified atom stereocenters. The molecule has 2 aliphatic rings. The lowest BCUT2D eigenvalue weighted by Gasteiger charge is -2.40. The predicted molar refractivity (Wildman–Crippen MR) is 131 cm³/mol. The van der Waals surface area contributed by atoms with Crippen molar-refractivity contribution in [2.45, 2.75) is 51.0 Å². The van der Waals surface area contributed by atoms with E-state index >= 15 is 0 Å². The number of anilines is 1. The van der Waals surface area contributed by atoms with Crippen LogP contribution >= 0.6 is 0 Å². The molecule has 4 heterocycles. The molecule has 0 saturated carbocycles. The van der Waals surface area contributed by atoms with Crippen molar-refractivity contribution in [2.75, 3.05) is 38.8 Å². The molecule has 3 aromatic rings. The van der Waals surface area contributed by atoms with E-state index in [4.69, 9.17) is 9.47 Å². The highest BCUT2D eigenvalue weighted by molar-refractivity contribution is 5.85. The number of hydrogen-bond donors (Lipinski definition) is 1. The van der Waals surface area contributed by atoms with Crippen molar-refractivity contribution in [3.05, 3.63) is 53.5 Å². The third-order valence-corrected chi connectivity index (χ3v) is 7.51. The first-order valence-electron chi connectivity index (χ1n) is 12.3. The molecule has 1 saturated heterocycles.